The van der Waals surface area contributed by atoms with Crippen LogP contribution >= 0.6 is 11.6 Å². The van der Waals surface area contributed by atoms with Gasteiger partial charge in [0, 0.05) is 12.6 Å². The molecule has 1 aromatic carbocycles. The van der Waals surface area contributed by atoms with Gasteiger partial charge in [-0.05, 0) is 12.1 Å². The number of rotatable bonds is 3. The van der Waals surface area contributed by atoms with Gasteiger partial charge in [-0.3, -0.25) is 0 Å². The molecule has 0 radical (unpaired) electrons. The molecule has 4 N–H and O–H groups in total. The molecule has 0 saturated heterocycles. The summed E-state index contributed by atoms with van der Waals surface area (Å²) in [5.41, 5.74) is 11.3. The Balaban J connectivity index is 2.69. The van der Waals surface area contributed by atoms with Gasteiger partial charge in [-0.2, -0.15) is 0 Å². The smallest absolute Gasteiger partial charge is 0.121 e. The van der Waals surface area contributed by atoms with Gasteiger partial charge in [-0.15, -0.1) is 0 Å². The fourth-order valence-corrected chi connectivity index (χ4v) is 0.945. The van der Waals surface area contributed by atoms with E-state index >= 15 is 0 Å². The van der Waals surface area contributed by atoms with E-state index < -0.39 is 0 Å². The number of benzene rings is 1. The SMILES string of the molecule is NCCOc1ccc(N)c(Cl)c1. The third-order valence-electron chi connectivity index (χ3n) is 1.36. The van der Waals surface area contributed by atoms with E-state index in [4.69, 9.17) is 27.8 Å². The molecule has 0 aromatic heterocycles. The Hall–Kier alpha value is -0.930. The van der Waals surface area contributed by atoms with Gasteiger partial charge in [-0.25, -0.2) is 0 Å². The predicted octanol–water partition coefficient (Wildman–Crippen LogP) is 1.26. The fraction of sp³-hybridized carbons (Fsp3) is 0.250. The number of hydrogen-bond acceptors (Lipinski definition) is 3. The van der Waals surface area contributed by atoms with Gasteiger partial charge in [0.05, 0.1) is 10.7 Å². The van der Waals surface area contributed by atoms with Crippen LogP contribution in [-0.2, 0) is 0 Å². The number of nitrogen functional groups attached to an aromatic ring is 1. The maximum atomic E-state index is 5.76. The molecular formula is C8H11ClN2O. The third kappa shape index (κ3) is 2.29. The quantitative estimate of drug-likeness (QED) is 0.699. The molecule has 0 spiro atoms. The minimum atomic E-state index is 0.486. The first-order valence-electron chi connectivity index (χ1n) is 3.62. The summed E-state index contributed by atoms with van der Waals surface area (Å²) in [5, 5.41) is 0.504. The Morgan fingerprint density at radius 2 is 2.17 bits per heavy atom. The molecule has 0 unspecified atom stereocenters. The van der Waals surface area contributed by atoms with E-state index in [0.29, 0.717) is 29.6 Å². The first-order valence-corrected chi connectivity index (χ1v) is 3.99. The van der Waals surface area contributed by atoms with Crippen molar-refractivity contribution in [1.29, 1.82) is 0 Å². The molecule has 0 aliphatic rings. The lowest BCUT2D eigenvalue weighted by Gasteiger charge is -2.05. The van der Waals surface area contributed by atoms with Crippen LogP contribution in [0.25, 0.3) is 0 Å². The molecular weight excluding hydrogens is 176 g/mol. The lowest BCUT2D eigenvalue weighted by atomic mass is 10.3. The van der Waals surface area contributed by atoms with Crippen LogP contribution in [0.1, 0.15) is 0 Å². The summed E-state index contributed by atoms with van der Waals surface area (Å²) in [5.74, 6) is 0.694. The van der Waals surface area contributed by atoms with Gasteiger partial charge < -0.3 is 16.2 Å². The molecule has 4 heteroatoms. The summed E-state index contributed by atoms with van der Waals surface area (Å²) >= 11 is 5.76. The number of anilines is 1. The zero-order chi connectivity index (χ0) is 8.97. The second kappa shape index (κ2) is 4.18. The molecule has 0 amide bonds. The third-order valence-corrected chi connectivity index (χ3v) is 1.69. The molecule has 0 aliphatic heterocycles. The lowest BCUT2D eigenvalue weighted by molar-refractivity contribution is 0.328. The lowest BCUT2D eigenvalue weighted by Crippen LogP contribution is -2.10. The van der Waals surface area contributed by atoms with Crippen LogP contribution in [0.2, 0.25) is 5.02 Å². The Bertz CT molecular complexity index is 265. The molecule has 0 saturated carbocycles. The van der Waals surface area contributed by atoms with Crippen molar-refractivity contribution in [1.82, 2.24) is 0 Å². The van der Waals surface area contributed by atoms with Crippen molar-refractivity contribution < 1.29 is 4.74 Å². The zero-order valence-electron chi connectivity index (χ0n) is 6.59. The summed E-state index contributed by atoms with van der Waals surface area (Å²) in [6.45, 7) is 0.974. The summed E-state index contributed by atoms with van der Waals surface area (Å²) in [6.07, 6.45) is 0. The largest absolute Gasteiger partial charge is 0.492 e. The van der Waals surface area contributed by atoms with Gasteiger partial charge in [0.1, 0.15) is 12.4 Å². The molecule has 0 fully saturated rings. The Kier molecular flexibility index (Phi) is 3.19. The van der Waals surface area contributed by atoms with E-state index in [9.17, 15) is 0 Å². The molecule has 0 atom stereocenters. The standard InChI is InChI=1S/C8H11ClN2O/c9-7-5-6(12-4-3-10)1-2-8(7)11/h1-2,5H,3-4,10-11H2. The molecule has 66 valence electrons. The molecule has 1 rings (SSSR count). The monoisotopic (exact) mass is 186 g/mol. The highest BCUT2D eigenvalue weighted by atomic mass is 35.5. The Morgan fingerprint density at radius 3 is 2.75 bits per heavy atom. The zero-order valence-corrected chi connectivity index (χ0v) is 7.34. The van der Waals surface area contributed by atoms with Crippen LogP contribution in [0.3, 0.4) is 0 Å². The minimum absolute atomic E-state index is 0.486. The number of hydrogen-bond donors (Lipinski definition) is 2. The van der Waals surface area contributed by atoms with Crippen LogP contribution in [0.15, 0.2) is 18.2 Å². The molecule has 12 heavy (non-hydrogen) atoms. The first kappa shape index (κ1) is 9.16. The van der Waals surface area contributed by atoms with Crippen molar-refractivity contribution in [3.05, 3.63) is 23.2 Å². The van der Waals surface area contributed by atoms with Crippen molar-refractivity contribution in [2.24, 2.45) is 5.73 Å². The van der Waals surface area contributed by atoms with Crippen molar-refractivity contribution in [3.63, 3.8) is 0 Å². The summed E-state index contributed by atoms with van der Waals surface area (Å²) < 4.78 is 5.23. The van der Waals surface area contributed by atoms with Crippen LogP contribution < -0.4 is 16.2 Å². The average molecular weight is 187 g/mol. The van der Waals surface area contributed by atoms with E-state index in [1.54, 1.807) is 18.2 Å². The van der Waals surface area contributed by atoms with Crippen molar-refractivity contribution in [2.75, 3.05) is 18.9 Å². The summed E-state index contributed by atoms with van der Waals surface area (Å²) in [4.78, 5) is 0. The molecule has 0 bridgehead atoms. The van der Waals surface area contributed by atoms with Crippen LogP contribution in [-0.4, -0.2) is 13.2 Å². The van der Waals surface area contributed by atoms with Gasteiger partial charge in [0.15, 0.2) is 0 Å². The molecule has 1 aromatic rings. The molecule has 3 nitrogen and oxygen atoms in total. The number of halogens is 1. The highest BCUT2D eigenvalue weighted by molar-refractivity contribution is 6.33. The van der Waals surface area contributed by atoms with Gasteiger partial charge in [0.2, 0.25) is 0 Å². The average Bonchev–Trinajstić information content (AvgIpc) is 2.07. The second-order valence-electron chi connectivity index (χ2n) is 2.32. The van der Waals surface area contributed by atoms with E-state index in [1.807, 2.05) is 0 Å². The van der Waals surface area contributed by atoms with Crippen molar-refractivity contribution >= 4 is 17.3 Å². The maximum absolute atomic E-state index is 5.76. The van der Waals surface area contributed by atoms with Gasteiger partial charge in [-0.1, -0.05) is 11.6 Å². The normalized spacial score (nSPS) is 9.83. The van der Waals surface area contributed by atoms with Crippen LogP contribution in [0, 0.1) is 0 Å². The van der Waals surface area contributed by atoms with E-state index in [1.165, 1.54) is 0 Å². The van der Waals surface area contributed by atoms with Crippen molar-refractivity contribution in [3.8, 4) is 5.75 Å². The highest BCUT2D eigenvalue weighted by Gasteiger charge is 1.97. The highest BCUT2D eigenvalue weighted by Crippen LogP contribution is 2.23. The van der Waals surface area contributed by atoms with E-state index in [2.05, 4.69) is 0 Å². The van der Waals surface area contributed by atoms with Gasteiger partial charge >= 0.3 is 0 Å². The van der Waals surface area contributed by atoms with E-state index in [0.717, 1.165) is 0 Å². The van der Waals surface area contributed by atoms with Gasteiger partial charge in [0.25, 0.3) is 0 Å². The second-order valence-corrected chi connectivity index (χ2v) is 2.73. The Morgan fingerprint density at radius 1 is 1.42 bits per heavy atom. The summed E-state index contributed by atoms with van der Waals surface area (Å²) in [7, 11) is 0. The number of ether oxygens (including phenoxy) is 1. The summed E-state index contributed by atoms with van der Waals surface area (Å²) in [6, 6.07) is 5.14. The minimum Gasteiger partial charge on any atom is -0.492 e. The molecule has 0 aliphatic carbocycles. The Labute approximate surface area is 76.3 Å². The maximum Gasteiger partial charge on any atom is 0.121 e. The van der Waals surface area contributed by atoms with Crippen molar-refractivity contribution in [2.45, 2.75) is 0 Å². The van der Waals surface area contributed by atoms with Crippen LogP contribution in [0.5, 0.6) is 5.75 Å². The van der Waals surface area contributed by atoms with Crippen LogP contribution in [0.4, 0.5) is 5.69 Å². The molecule has 0 heterocycles. The number of nitrogens with two attached hydrogens (primary N) is 2. The predicted molar refractivity (Wildman–Crippen MR) is 50.4 cm³/mol. The van der Waals surface area contributed by atoms with E-state index in [-0.39, 0.29) is 0 Å². The topological polar surface area (TPSA) is 61.3 Å². The fourth-order valence-electron chi connectivity index (χ4n) is 0.774. The first-order chi connectivity index (χ1) is 5.74.